The van der Waals surface area contributed by atoms with Gasteiger partial charge in [-0.15, -0.1) is 0 Å². The molecule has 1 aromatic heterocycles. The van der Waals surface area contributed by atoms with Crippen LogP contribution in [0.3, 0.4) is 0 Å². The fraction of sp³-hybridized carbons (Fsp3) is 0.154. The normalized spacial score (nSPS) is 10.2. The van der Waals surface area contributed by atoms with Crippen LogP contribution in [0.4, 0.5) is 5.82 Å². The van der Waals surface area contributed by atoms with Gasteiger partial charge in [-0.25, -0.2) is 0 Å². The maximum atomic E-state index is 11.6. The summed E-state index contributed by atoms with van der Waals surface area (Å²) in [5, 5.41) is 0. The lowest BCUT2D eigenvalue weighted by molar-refractivity contribution is 0.415. The molecule has 88 valence electrons. The minimum atomic E-state index is -0.115. The summed E-state index contributed by atoms with van der Waals surface area (Å²) in [4.78, 5) is 11.6. The quantitative estimate of drug-likeness (QED) is 0.853. The molecular weight excluding hydrogens is 216 g/mol. The number of aromatic nitrogens is 1. The third-order valence-electron chi connectivity index (χ3n) is 2.72. The average Bonchev–Trinajstić information content (AvgIpc) is 2.35. The zero-order valence-electron chi connectivity index (χ0n) is 9.81. The van der Waals surface area contributed by atoms with Gasteiger partial charge >= 0.3 is 0 Å². The molecule has 1 aromatic carbocycles. The Hall–Kier alpha value is -2.23. The molecule has 2 N–H and O–H groups in total. The monoisotopic (exact) mass is 230 g/mol. The Kier molecular flexibility index (Phi) is 2.87. The van der Waals surface area contributed by atoms with Gasteiger partial charge in [0.2, 0.25) is 0 Å². The molecular formula is C13H14N2O2. The number of rotatable bonds is 2. The van der Waals surface area contributed by atoms with E-state index in [9.17, 15) is 4.79 Å². The molecule has 0 atom stereocenters. The zero-order chi connectivity index (χ0) is 12.4. The van der Waals surface area contributed by atoms with Gasteiger partial charge in [-0.1, -0.05) is 12.1 Å². The number of ether oxygens (including phenoxy) is 1. The highest BCUT2D eigenvalue weighted by molar-refractivity contribution is 5.66. The van der Waals surface area contributed by atoms with Crippen molar-refractivity contribution in [1.29, 1.82) is 0 Å². The number of benzene rings is 1. The van der Waals surface area contributed by atoms with Gasteiger partial charge in [0, 0.05) is 13.1 Å². The molecule has 17 heavy (non-hydrogen) atoms. The second-order valence-corrected chi connectivity index (χ2v) is 3.79. The standard InChI is InChI=1S/C13H14N2O2/c1-15-12(14)7-10(8-13(15)16)9-3-5-11(17-2)6-4-9/h3-8H,14H2,1-2H3. The van der Waals surface area contributed by atoms with Crippen LogP contribution in [0.15, 0.2) is 41.2 Å². The summed E-state index contributed by atoms with van der Waals surface area (Å²) in [5.41, 5.74) is 7.39. The van der Waals surface area contributed by atoms with E-state index < -0.39 is 0 Å². The van der Waals surface area contributed by atoms with E-state index in [0.29, 0.717) is 5.82 Å². The van der Waals surface area contributed by atoms with Crippen molar-refractivity contribution in [3.63, 3.8) is 0 Å². The van der Waals surface area contributed by atoms with Crippen LogP contribution in [-0.2, 0) is 7.05 Å². The maximum absolute atomic E-state index is 11.6. The topological polar surface area (TPSA) is 57.2 Å². The van der Waals surface area contributed by atoms with Gasteiger partial charge in [0.25, 0.3) is 5.56 Å². The van der Waals surface area contributed by atoms with E-state index >= 15 is 0 Å². The summed E-state index contributed by atoms with van der Waals surface area (Å²) >= 11 is 0. The summed E-state index contributed by atoms with van der Waals surface area (Å²) in [6.45, 7) is 0. The van der Waals surface area contributed by atoms with E-state index in [1.165, 1.54) is 4.57 Å². The summed E-state index contributed by atoms with van der Waals surface area (Å²) in [7, 11) is 3.26. The van der Waals surface area contributed by atoms with E-state index in [-0.39, 0.29) is 5.56 Å². The van der Waals surface area contributed by atoms with Crippen molar-refractivity contribution in [2.24, 2.45) is 7.05 Å². The fourth-order valence-corrected chi connectivity index (χ4v) is 1.61. The van der Waals surface area contributed by atoms with Gasteiger partial charge in [0.15, 0.2) is 0 Å². The number of anilines is 1. The first-order valence-electron chi connectivity index (χ1n) is 5.23. The van der Waals surface area contributed by atoms with Gasteiger partial charge < -0.3 is 10.5 Å². The SMILES string of the molecule is COc1ccc(-c2cc(N)n(C)c(=O)c2)cc1. The molecule has 0 saturated heterocycles. The third-order valence-corrected chi connectivity index (χ3v) is 2.72. The summed E-state index contributed by atoms with van der Waals surface area (Å²) in [5.74, 6) is 1.23. The van der Waals surface area contributed by atoms with Crippen molar-refractivity contribution in [3.05, 3.63) is 46.8 Å². The molecule has 0 fully saturated rings. The predicted molar refractivity (Wildman–Crippen MR) is 68.1 cm³/mol. The Morgan fingerprint density at radius 3 is 2.29 bits per heavy atom. The Balaban J connectivity index is 2.49. The molecule has 0 amide bonds. The molecule has 2 rings (SSSR count). The number of methoxy groups -OCH3 is 1. The Morgan fingerprint density at radius 2 is 1.76 bits per heavy atom. The molecule has 1 heterocycles. The van der Waals surface area contributed by atoms with E-state index in [1.807, 2.05) is 24.3 Å². The van der Waals surface area contributed by atoms with Gasteiger partial charge in [-0.3, -0.25) is 9.36 Å². The first-order chi connectivity index (χ1) is 8.11. The van der Waals surface area contributed by atoms with Crippen molar-refractivity contribution in [1.82, 2.24) is 4.57 Å². The zero-order valence-corrected chi connectivity index (χ0v) is 9.81. The number of nitrogens with two attached hydrogens (primary N) is 1. The smallest absolute Gasteiger partial charge is 0.252 e. The predicted octanol–water partition coefficient (Wildman–Crippen LogP) is 1.64. The largest absolute Gasteiger partial charge is 0.497 e. The molecule has 0 radical (unpaired) electrons. The molecule has 2 aromatic rings. The second kappa shape index (κ2) is 4.33. The Labute approximate surface area is 99.3 Å². The van der Waals surface area contributed by atoms with Gasteiger partial charge in [-0.05, 0) is 29.3 Å². The lowest BCUT2D eigenvalue weighted by Gasteiger charge is -2.07. The van der Waals surface area contributed by atoms with Crippen molar-refractivity contribution in [2.75, 3.05) is 12.8 Å². The van der Waals surface area contributed by atoms with Gasteiger partial charge in [0.1, 0.15) is 11.6 Å². The molecule has 0 unspecified atom stereocenters. The maximum Gasteiger partial charge on any atom is 0.252 e. The fourth-order valence-electron chi connectivity index (χ4n) is 1.61. The Morgan fingerprint density at radius 1 is 1.12 bits per heavy atom. The highest BCUT2D eigenvalue weighted by Gasteiger charge is 2.03. The van der Waals surface area contributed by atoms with E-state index in [1.54, 1.807) is 26.3 Å². The number of nitrogens with zero attached hydrogens (tertiary/aromatic N) is 1. The number of hydrogen-bond donors (Lipinski definition) is 1. The van der Waals surface area contributed by atoms with E-state index in [4.69, 9.17) is 10.5 Å². The Bertz CT molecular complexity index is 585. The number of nitrogen functional groups attached to an aromatic ring is 1. The van der Waals surface area contributed by atoms with E-state index in [0.717, 1.165) is 16.9 Å². The van der Waals surface area contributed by atoms with Crippen LogP contribution in [-0.4, -0.2) is 11.7 Å². The first-order valence-corrected chi connectivity index (χ1v) is 5.23. The number of hydrogen-bond acceptors (Lipinski definition) is 3. The molecule has 0 aliphatic heterocycles. The van der Waals surface area contributed by atoms with Crippen LogP contribution in [0.25, 0.3) is 11.1 Å². The van der Waals surface area contributed by atoms with Crippen LogP contribution in [0.5, 0.6) is 5.75 Å². The molecule has 0 aliphatic rings. The van der Waals surface area contributed by atoms with E-state index in [2.05, 4.69) is 0 Å². The lowest BCUT2D eigenvalue weighted by atomic mass is 10.1. The third kappa shape index (κ3) is 2.15. The summed E-state index contributed by atoms with van der Waals surface area (Å²) < 4.78 is 6.49. The molecule has 4 heteroatoms. The summed E-state index contributed by atoms with van der Waals surface area (Å²) in [6.07, 6.45) is 0. The summed E-state index contributed by atoms with van der Waals surface area (Å²) in [6, 6.07) is 10.8. The lowest BCUT2D eigenvalue weighted by Crippen LogP contribution is -2.18. The van der Waals surface area contributed by atoms with Crippen molar-refractivity contribution < 1.29 is 4.74 Å². The van der Waals surface area contributed by atoms with Crippen LogP contribution in [0, 0.1) is 0 Å². The van der Waals surface area contributed by atoms with Crippen molar-refractivity contribution >= 4 is 5.82 Å². The van der Waals surface area contributed by atoms with Crippen LogP contribution in [0.2, 0.25) is 0 Å². The van der Waals surface area contributed by atoms with Crippen LogP contribution >= 0.6 is 0 Å². The molecule has 0 bridgehead atoms. The highest BCUT2D eigenvalue weighted by atomic mass is 16.5. The second-order valence-electron chi connectivity index (χ2n) is 3.79. The number of pyridine rings is 1. The molecule has 0 spiro atoms. The average molecular weight is 230 g/mol. The van der Waals surface area contributed by atoms with Crippen LogP contribution in [0.1, 0.15) is 0 Å². The molecule has 0 aliphatic carbocycles. The van der Waals surface area contributed by atoms with Crippen molar-refractivity contribution in [3.8, 4) is 16.9 Å². The molecule has 4 nitrogen and oxygen atoms in total. The first kappa shape index (κ1) is 11.3. The minimum absolute atomic E-state index is 0.115. The highest BCUT2D eigenvalue weighted by Crippen LogP contribution is 2.22. The van der Waals surface area contributed by atoms with Gasteiger partial charge in [0.05, 0.1) is 7.11 Å². The minimum Gasteiger partial charge on any atom is -0.497 e. The van der Waals surface area contributed by atoms with Gasteiger partial charge in [-0.2, -0.15) is 0 Å². The molecule has 0 saturated carbocycles. The van der Waals surface area contributed by atoms with Crippen molar-refractivity contribution in [2.45, 2.75) is 0 Å². The van der Waals surface area contributed by atoms with Crippen LogP contribution < -0.4 is 16.0 Å².